The summed E-state index contributed by atoms with van der Waals surface area (Å²) in [6.45, 7) is 2.06. The molecule has 0 unspecified atom stereocenters. The molecule has 0 aliphatic carbocycles. The van der Waals surface area contributed by atoms with Crippen LogP contribution >= 0.6 is 27.3 Å². The van der Waals surface area contributed by atoms with Gasteiger partial charge in [-0.1, -0.05) is 0 Å². The number of rotatable bonds is 1. The Labute approximate surface area is 105 Å². The molecule has 5 heteroatoms. The molecule has 0 fully saturated rings. The Kier molecular flexibility index (Phi) is 2.29. The van der Waals surface area contributed by atoms with Gasteiger partial charge >= 0.3 is 0 Å². The molecule has 0 saturated heterocycles. The molecule has 3 heterocycles. The van der Waals surface area contributed by atoms with Crippen molar-refractivity contribution < 1.29 is 0 Å². The van der Waals surface area contributed by atoms with E-state index in [1.54, 1.807) is 11.3 Å². The Hall–Kier alpha value is -1.20. The molecule has 0 radical (unpaired) electrons. The van der Waals surface area contributed by atoms with Gasteiger partial charge < -0.3 is 4.40 Å². The van der Waals surface area contributed by atoms with Gasteiger partial charge in [-0.05, 0) is 34.5 Å². The predicted octanol–water partition coefficient (Wildman–Crippen LogP) is 3.53. The number of imidazole rings is 1. The summed E-state index contributed by atoms with van der Waals surface area (Å²) >= 11 is 5.09. The van der Waals surface area contributed by atoms with Crippen molar-refractivity contribution in [2.75, 3.05) is 0 Å². The van der Waals surface area contributed by atoms with Gasteiger partial charge in [0.1, 0.15) is 17.0 Å². The standard InChI is InChI=1S/C11H8BrN3S/c1-7-2-11-14-9(10-5-16-6-13-10)4-15(11)3-8(7)12/h2-6H,1H3. The molecule has 0 bridgehead atoms. The maximum absolute atomic E-state index is 4.54. The quantitative estimate of drug-likeness (QED) is 0.687. The fourth-order valence-electron chi connectivity index (χ4n) is 1.57. The fourth-order valence-corrected chi connectivity index (χ4v) is 2.45. The first-order valence-corrected chi connectivity index (χ1v) is 6.51. The minimum atomic E-state index is 0.916. The van der Waals surface area contributed by atoms with Crippen molar-refractivity contribution in [1.29, 1.82) is 0 Å². The van der Waals surface area contributed by atoms with Crippen LogP contribution in [0.3, 0.4) is 0 Å². The highest BCUT2D eigenvalue weighted by molar-refractivity contribution is 9.10. The third-order valence-electron chi connectivity index (χ3n) is 2.43. The van der Waals surface area contributed by atoms with Crippen LogP contribution in [0.5, 0.6) is 0 Å². The van der Waals surface area contributed by atoms with E-state index < -0.39 is 0 Å². The van der Waals surface area contributed by atoms with Crippen LogP contribution in [0.4, 0.5) is 0 Å². The average Bonchev–Trinajstić information content (AvgIpc) is 2.86. The van der Waals surface area contributed by atoms with Gasteiger partial charge in [-0.2, -0.15) is 0 Å². The Morgan fingerprint density at radius 1 is 1.31 bits per heavy atom. The largest absolute Gasteiger partial charge is 0.305 e. The average molecular weight is 294 g/mol. The van der Waals surface area contributed by atoms with Crippen LogP contribution in [0, 0.1) is 6.92 Å². The van der Waals surface area contributed by atoms with Crippen molar-refractivity contribution in [2.24, 2.45) is 0 Å². The van der Waals surface area contributed by atoms with E-state index in [-0.39, 0.29) is 0 Å². The second-order valence-corrected chi connectivity index (χ2v) is 5.14. The summed E-state index contributed by atoms with van der Waals surface area (Å²) in [7, 11) is 0. The molecular weight excluding hydrogens is 286 g/mol. The molecule has 0 atom stereocenters. The first-order chi connectivity index (χ1) is 7.74. The lowest BCUT2D eigenvalue weighted by Gasteiger charge is -1.98. The summed E-state index contributed by atoms with van der Waals surface area (Å²) in [4.78, 5) is 8.80. The normalized spacial score (nSPS) is 11.1. The van der Waals surface area contributed by atoms with Gasteiger partial charge in [0.2, 0.25) is 0 Å². The van der Waals surface area contributed by atoms with Gasteiger partial charge in [-0.25, -0.2) is 9.97 Å². The first kappa shape index (κ1) is 9.99. The van der Waals surface area contributed by atoms with Gasteiger partial charge in [0.15, 0.2) is 0 Å². The van der Waals surface area contributed by atoms with Crippen molar-refractivity contribution in [3.8, 4) is 11.4 Å². The smallest absolute Gasteiger partial charge is 0.137 e. The molecule has 80 valence electrons. The van der Waals surface area contributed by atoms with Gasteiger partial charge in [-0.3, -0.25) is 0 Å². The molecule has 3 nitrogen and oxygen atoms in total. The summed E-state index contributed by atoms with van der Waals surface area (Å²) < 4.78 is 3.09. The van der Waals surface area contributed by atoms with E-state index >= 15 is 0 Å². The van der Waals surface area contributed by atoms with E-state index in [4.69, 9.17) is 0 Å². The number of aryl methyl sites for hydroxylation is 1. The zero-order valence-electron chi connectivity index (χ0n) is 8.51. The summed E-state index contributed by atoms with van der Waals surface area (Å²) in [5.74, 6) is 0. The molecule has 0 aliphatic rings. The maximum Gasteiger partial charge on any atom is 0.137 e. The van der Waals surface area contributed by atoms with Crippen LogP contribution in [0.15, 0.2) is 33.8 Å². The van der Waals surface area contributed by atoms with Gasteiger partial charge in [0, 0.05) is 22.2 Å². The highest BCUT2D eigenvalue weighted by Gasteiger charge is 2.07. The van der Waals surface area contributed by atoms with Crippen molar-refractivity contribution in [2.45, 2.75) is 6.92 Å². The van der Waals surface area contributed by atoms with E-state index in [9.17, 15) is 0 Å². The minimum Gasteiger partial charge on any atom is -0.305 e. The molecule has 3 rings (SSSR count). The molecule has 0 N–H and O–H groups in total. The zero-order chi connectivity index (χ0) is 11.1. The Balaban J connectivity index is 2.23. The van der Waals surface area contributed by atoms with E-state index in [0.29, 0.717) is 0 Å². The Morgan fingerprint density at radius 2 is 2.19 bits per heavy atom. The molecule has 3 aromatic heterocycles. The summed E-state index contributed by atoms with van der Waals surface area (Å²) in [5, 5.41) is 2.00. The summed E-state index contributed by atoms with van der Waals surface area (Å²) in [6, 6.07) is 2.06. The van der Waals surface area contributed by atoms with E-state index in [1.165, 1.54) is 5.56 Å². The number of fused-ring (bicyclic) bond motifs is 1. The summed E-state index contributed by atoms with van der Waals surface area (Å²) in [5.41, 5.74) is 5.80. The lowest BCUT2D eigenvalue weighted by molar-refractivity contribution is 1.16. The highest BCUT2D eigenvalue weighted by Crippen LogP contribution is 2.22. The van der Waals surface area contributed by atoms with Crippen LogP contribution in [0.25, 0.3) is 17.0 Å². The number of aromatic nitrogens is 3. The van der Waals surface area contributed by atoms with Crippen molar-refractivity contribution in [1.82, 2.24) is 14.4 Å². The lowest BCUT2D eigenvalue weighted by Crippen LogP contribution is -1.85. The SMILES string of the molecule is Cc1cc2nc(-c3cscn3)cn2cc1Br. The van der Waals surface area contributed by atoms with Crippen LogP contribution in [0.1, 0.15) is 5.56 Å². The topological polar surface area (TPSA) is 30.2 Å². The number of nitrogens with zero attached hydrogens (tertiary/aromatic N) is 3. The Bertz CT molecular complexity index is 604. The highest BCUT2D eigenvalue weighted by atomic mass is 79.9. The van der Waals surface area contributed by atoms with Crippen molar-refractivity contribution in [3.63, 3.8) is 0 Å². The van der Waals surface area contributed by atoms with Crippen LogP contribution in [-0.2, 0) is 0 Å². The van der Waals surface area contributed by atoms with Gasteiger partial charge in [0.25, 0.3) is 0 Å². The fraction of sp³-hybridized carbons (Fsp3) is 0.0909. The monoisotopic (exact) mass is 293 g/mol. The molecule has 0 aliphatic heterocycles. The molecular formula is C11H8BrN3S. The van der Waals surface area contributed by atoms with Gasteiger partial charge in [-0.15, -0.1) is 11.3 Å². The first-order valence-electron chi connectivity index (χ1n) is 4.77. The lowest BCUT2D eigenvalue weighted by atomic mass is 10.3. The molecule has 0 aromatic carbocycles. The molecule has 0 amide bonds. The predicted molar refractivity (Wildman–Crippen MR) is 68.7 cm³/mol. The van der Waals surface area contributed by atoms with Crippen molar-refractivity contribution in [3.05, 3.63) is 39.4 Å². The summed E-state index contributed by atoms with van der Waals surface area (Å²) in [6.07, 6.45) is 4.02. The third-order valence-corrected chi connectivity index (χ3v) is 3.85. The molecule has 3 aromatic rings. The molecule has 16 heavy (non-hydrogen) atoms. The number of hydrogen-bond donors (Lipinski definition) is 0. The van der Waals surface area contributed by atoms with Crippen molar-refractivity contribution >= 4 is 32.9 Å². The minimum absolute atomic E-state index is 0.916. The molecule has 0 saturated carbocycles. The number of hydrogen-bond acceptors (Lipinski definition) is 3. The second kappa shape index (κ2) is 3.68. The number of thiazole rings is 1. The van der Waals surface area contributed by atoms with Crippen LogP contribution in [0.2, 0.25) is 0 Å². The zero-order valence-corrected chi connectivity index (χ0v) is 10.9. The third kappa shape index (κ3) is 1.56. The van der Waals surface area contributed by atoms with Crippen LogP contribution in [-0.4, -0.2) is 14.4 Å². The van der Waals surface area contributed by atoms with Crippen LogP contribution < -0.4 is 0 Å². The van der Waals surface area contributed by atoms with E-state index in [0.717, 1.165) is 21.5 Å². The molecule has 0 spiro atoms. The van der Waals surface area contributed by atoms with E-state index in [2.05, 4.69) is 38.9 Å². The van der Waals surface area contributed by atoms with Gasteiger partial charge in [0.05, 0.1) is 5.51 Å². The number of pyridine rings is 1. The second-order valence-electron chi connectivity index (χ2n) is 3.57. The maximum atomic E-state index is 4.54. The Morgan fingerprint density at radius 3 is 2.94 bits per heavy atom. The number of halogens is 1. The van der Waals surface area contributed by atoms with E-state index in [1.807, 2.05) is 27.7 Å².